The molecule has 3 rings (SSSR count). The van der Waals surface area contributed by atoms with Gasteiger partial charge in [0.15, 0.2) is 5.69 Å². The molecule has 2 aromatic rings. The van der Waals surface area contributed by atoms with E-state index in [1.54, 1.807) is 30.0 Å². The Balaban J connectivity index is 1.46. The summed E-state index contributed by atoms with van der Waals surface area (Å²) in [6.45, 7) is 2.78. The van der Waals surface area contributed by atoms with E-state index in [0.717, 1.165) is 5.56 Å². The Morgan fingerprint density at radius 2 is 2.04 bits per heavy atom. The molecule has 1 aromatic heterocycles. The highest BCUT2D eigenvalue weighted by Crippen LogP contribution is 2.19. The molecule has 7 heteroatoms. The highest BCUT2D eigenvalue weighted by atomic mass is 19.1. The van der Waals surface area contributed by atoms with Gasteiger partial charge in [0.1, 0.15) is 11.6 Å². The third-order valence-electron chi connectivity index (χ3n) is 3.77. The number of rotatable bonds is 4. The normalized spacial score (nSPS) is 14.4. The number of aryl methyl sites for hydroxylation is 1. The van der Waals surface area contributed by atoms with E-state index in [9.17, 15) is 14.0 Å². The molecule has 1 aliphatic rings. The number of carbonyl (C=O) groups is 2. The van der Waals surface area contributed by atoms with E-state index >= 15 is 0 Å². The number of hydrogen-bond donors (Lipinski definition) is 1. The van der Waals surface area contributed by atoms with Crippen molar-refractivity contribution in [2.24, 2.45) is 5.92 Å². The second kappa shape index (κ2) is 6.20. The lowest BCUT2D eigenvalue weighted by atomic mass is 9.98. The number of likely N-dealkylation sites (tertiary alicyclic amines) is 1. The Morgan fingerprint density at radius 3 is 2.65 bits per heavy atom. The summed E-state index contributed by atoms with van der Waals surface area (Å²) in [7, 11) is 0. The molecule has 1 N–H and O–H groups in total. The Kier molecular flexibility index (Phi) is 4.10. The predicted octanol–water partition coefficient (Wildman–Crippen LogP) is 1.51. The molecule has 1 aliphatic heterocycles. The summed E-state index contributed by atoms with van der Waals surface area (Å²) in [5, 5.41) is 6.46. The highest BCUT2D eigenvalue weighted by molar-refractivity contribution is 5.94. The van der Waals surface area contributed by atoms with Crippen molar-refractivity contribution < 1.29 is 18.5 Å². The summed E-state index contributed by atoms with van der Waals surface area (Å²) in [4.78, 5) is 25.6. The number of amides is 2. The number of halogens is 1. The van der Waals surface area contributed by atoms with Crippen LogP contribution in [-0.2, 0) is 11.3 Å². The monoisotopic (exact) mass is 317 g/mol. The molecule has 1 aromatic carbocycles. The molecule has 6 nitrogen and oxygen atoms in total. The van der Waals surface area contributed by atoms with Crippen LogP contribution in [0.3, 0.4) is 0 Å². The molecule has 0 spiro atoms. The van der Waals surface area contributed by atoms with Crippen LogP contribution in [0, 0.1) is 18.7 Å². The summed E-state index contributed by atoms with van der Waals surface area (Å²) in [6, 6.07) is 7.53. The molecule has 0 radical (unpaired) electrons. The number of nitrogens with one attached hydrogen (secondary N) is 1. The van der Waals surface area contributed by atoms with Crippen molar-refractivity contribution in [2.75, 3.05) is 13.1 Å². The maximum atomic E-state index is 12.8. The molecule has 23 heavy (non-hydrogen) atoms. The molecule has 1 fully saturated rings. The molecule has 120 valence electrons. The van der Waals surface area contributed by atoms with E-state index in [0.29, 0.717) is 25.4 Å². The molecule has 1 saturated heterocycles. The first kappa shape index (κ1) is 15.2. The average Bonchev–Trinajstić information content (AvgIpc) is 2.91. The van der Waals surface area contributed by atoms with Crippen molar-refractivity contribution in [2.45, 2.75) is 13.5 Å². The van der Waals surface area contributed by atoms with Crippen LogP contribution in [0.4, 0.5) is 4.39 Å². The standard InChI is InChI=1S/C16H16FN3O3/c1-10-6-14(19-23-10)16(22)20-8-12(9-20)15(21)18-7-11-2-4-13(17)5-3-11/h2-6,12H,7-9H2,1H3,(H,18,21). The molecule has 0 bridgehead atoms. The van der Waals surface area contributed by atoms with Crippen molar-refractivity contribution >= 4 is 11.8 Å². The van der Waals surface area contributed by atoms with E-state index in [1.807, 2.05) is 0 Å². The summed E-state index contributed by atoms with van der Waals surface area (Å²) in [5.74, 6) is -0.315. The first-order chi connectivity index (χ1) is 11.0. The van der Waals surface area contributed by atoms with E-state index in [2.05, 4.69) is 10.5 Å². The van der Waals surface area contributed by atoms with Gasteiger partial charge in [-0.2, -0.15) is 0 Å². The Labute approximate surface area is 132 Å². The first-order valence-corrected chi connectivity index (χ1v) is 7.27. The van der Waals surface area contributed by atoms with Crippen molar-refractivity contribution in [3.05, 3.63) is 53.2 Å². The molecular weight excluding hydrogens is 301 g/mol. The van der Waals surface area contributed by atoms with E-state index in [4.69, 9.17) is 4.52 Å². The van der Waals surface area contributed by atoms with Crippen molar-refractivity contribution in [1.29, 1.82) is 0 Å². The summed E-state index contributed by atoms with van der Waals surface area (Å²) >= 11 is 0. The lowest BCUT2D eigenvalue weighted by Gasteiger charge is -2.37. The zero-order valence-electron chi connectivity index (χ0n) is 12.6. The van der Waals surface area contributed by atoms with Crippen LogP contribution in [0.1, 0.15) is 21.8 Å². The zero-order chi connectivity index (χ0) is 16.4. The number of benzene rings is 1. The van der Waals surface area contributed by atoms with Crippen molar-refractivity contribution in [1.82, 2.24) is 15.4 Å². The predicted molar refractivity (Wildman–Crippen MR) is 78.9 cm³/mol. The van der Waals surface area contributed by atoms with Gasteiger partial charge >= 0.3 is 0 Å². The summed E-state index contributed by atoms with van der Waals surface area (Å²) < 4.78 is 17.7. The van der Waals surface area contributed by atoms with E-state index in [1.165, 1.54) is 12.1 Å². The Bertz CT molecular complexity index is 720. The summed E-state index contributed by atoms with van der Waals surface area (Å²) in [6.07, 6.45) is 0. The topological polar surface area (TPSA) is 75.4 Å². The van der Waals surface area contributed by atoms with Crippen molar-refractivity contribution in [3.8, 4) is 0 Å². The van der Waals surface area contributed by atoms with Crippen LogP contribution in [-0.4, -0.2) is 35.0 Å². The lowest BCUT2D eigenvalue weighted by molar-refractivity contribution is -0.129. The molecule has 2 heterocycles. The zero-order valence-corrected chi connectivity index (χ0v) is 12.6. The Hall–Kier alpha value is -2.70. The van der Waals surface area contributed by atoms with Crippen LogP contribution in [0.25, 0.3) is 0 Å². The van der Waals surface area contributed by atoms with Gasteiger partial charge in [0.25, 0.3) is 5.91 Å². The van der Waals surface area contributed by atoms with Gasteiger partial charge < -0.3 is 14.7 Å². The Morgan fingerprint density at radius 1 is 1.35 bits per heavy atom. The fourth-order valence-electron chi connectivity index (χ4n) is 2.38. The molecular formula is C16H16FN3O3. The maximum Gasteiger partial charge on any atom is 0.276 e. The second-order valence-corrected chi connectivity index (χ2v) is 5.57. The van der Waals surface area contributed by atoms with Crippen LogP contribution < -0.4 is 5.32 Å². The minimum atomic E-state index is -0.309. The lowest BCUT2D eigenvalue weighted by Crippen LogP contribution is -2.55. The van der Waals surface area contributed by atoms with E-state index in [-0.39, 0.29) is 29.2 Å². The third-order valence-corrected chi connectivity index (χ3v) is 3.77. The smallest absolute Gasteiger partial charge is 0.276 e. The van der Waals surface area contributed by atoms with Gasteiger partial charge in [0.2, 0.25) is 5.91 Å². The third kappa shape index (κ3) is 3.39. The molecule has 0 aliphatic carbocycles. The number of nitrogens with zero attached hydrogens (tertiary/aromatic N) is 2. The van der Waals surface area contributed by atoms with Gasteiger partial charge in [0.05, 0.1) is 5.92 Å². The maximum absolute atomic E-state index is 12.8. The van der Waals surface area contributed by atoms with Crippen LogP contribution in [0.2, 0.25) is 0 Å². The number of hydrogen-bond acceptors (Lipinski definition) is 4. The largest absolute Gasteiger partial charge is 0.361 e. The van der Waals surface area contributed by atoms with Crippen LogP contribution in [0.5, 0.6) is 0 Å². The van der Waals surface area contributed by atoms with Crippen molar-refractivity contribution in [3.63, 3.8) is 0 Å². The van der Waals surface area contributed by atoms with Gasteiger partial charge in [-0.3, -0.25) is 9.59 Å². The second-order valence-electron chi connectivity index (χ2n) is 5.57. The minimum absolute atomic E-state index is 0.116. The fourth-order valence-corrected chi connectivity index (χ4v) is 2.38. The molecule has 0 saturated carbocycles. The van der Waals surface area contributed by atoms with Gasteiger partial charge in [-0.15, -0.1) is 0 Å². The van der Waals surface area contributed by atoms with Gasteiger partial charge in [-0.05, 0) is 24.6 Å². The molecule has 2 amide bonds. The number of carbonyl (C=O) groups excluding carboxylic acids is 2. The highest BCUT2D eigenvalue weighted by Gasteiger charge is 2.36. The minimum Gasteiger partial charge on any atom is -0.361 e. The summed E-state index contributed by atoms with van der Waals surface area (Å²) in [5.41, 5.74) is 1.08. The van der Waals surface area contributed by atoms with Crippen LogP contribution >= 0.6 is 0 Å². The average molecular weight is 317 g/mol. The fraction of sp³-hybridized carbons (Fsp3) is 0.312. The quantitative estimate of drug-likeness (QED) is 0.927. The van der Waals surface area contributed by atoms with Gasteiger partial charge in [0, 0.05) is 25.7 Å². The SMILES string of the molecule is Cc1cc(C(=O)N2CC(C(=O)NCc3ccc(F)cc3)C2)no1. The number of aromatic nitrogens is 1. The van der Waals surface area contributed by atoms with Gasteiger partial charge in [-0.25, -0.2) is 4.39 Å². The van der Waals surface area contributed by atoms with E-state index < -0.39 is 0 Å². The first-order valence-electron chi connectivity index (χ1n) is 7.27. The molecule has 0 atom stereocenters. The van der Waals surface area contributed by atoms with Crippen LogP contribution in [0.15, 0.2) is 34.9 Å². The van der Waals surface area contributed by atoms with Gasteiger partial charge in [-0.1, -0.05) is 17.3 Å². The molecule has 0 unspecified atom stereocenters.